The molecule has 90 valence electrons. The molecule has 1 saturated carbocycles. The van der Waals surface area contributed by atoms with E-state index in [-0.39, 0.29) is 0 Å². The maximum Gasteiger partial charge on any atom is 0.231 e. The Labute approximate surface area is 101 Å². The van der Waals surface area contributed by atoms with Crippen LogP contribution in [0.25, 0.3) is 0 Å². The molecule has 1 aromatic rings. The number of likely N-dealkylation sites (N-methyl/N-ethyl adjacent to an activating group) is 1. The Morgan fingerprint density at radius 3 is 3.00 bits per heavy atom. The third-order valence-electron chi connectivity index (χ3n) is 3.21. The third kappa shape index (κ3) is 2.58. The summed E-state index contributed by atoms with van der Waals surface area (Å²) < 4.78 is 5.37. The molecule has 0 bridgehead atoms. The van der Waals surface area contributed by atoms with Crippen molar-refractivity contribution in [3.63, 3.8) is 0 Å². The molecule has 2 unspecified atom stereocenters. The molecule has 0 amide bonds. The number of nitrogens with one attached hydrogen (secondary N) is 1. The molecule has 1 aliphatic carbocycles. The zero-order valence-corrected chi connectivity index (χ0v) is 10.7. The summed E-state index contributed by atoms with van der Waals surface area (Å²) in [5.74, 6) is 2.88. The number of thioether (sulfide) groups is 1. The summed E-state index contributed by atoms with van der Waals surface area (Å²) in [7, 11) is 2.02. The molecule has 4 nitrogen and oxygen atoms in total. The maximum atomic E-state index is 5.37. The molecule has 0 aromatic carbocycles. The highest BCUT2D eigenvalue weighted by Crippen LogP contribution is 2.32. The van der Waals surface area contributed by atoms with Crippen LogP contribution in [0.2, 0.25) is 0 Å². The second-order valence-corrected chi connectivity index (χ2v) is 5.13. The van der Waals surface area contributed by atoms with Gasteiger partial charge in [-0.25, -0.2) is 0 Å². The maximum absolute atomic E-state index is 5.37. The number of aromatic nitrogens is 2. The molecule has 0 radical (unpaired) electrons. The first-order chi connectivity index (χ1) is 7.85. The van der Waals surface area contributed by atoms with Crippen molar-refractivity contribution in [2.75, 3.05) is 13.3 Å². The van der Waals surface area contributed by atoms with Crippen molar-refractivity contribution < 1.29 is 4.52 Å². The second-order valence-electron chi connectivity index (χ2n) is 4.27. The molecule has 2 atom stereocenters. The van der Waals surface area contributed by atoms with Gasteiger partial charge in [0.1, 0.15) is 0 Å². The van der Waals surface area contributed by atoms with Gasteiger partial charge < -0.3 is 9.84 Å². The van der Waals surface area contributed by atoms with Crippen LogP contribution in [0, 0.1) is 0 Å². The van der Waals surface area contributed by atoms with Crippen molar-refractivity contribution in [2.45, 2.75) is 43.4 Å². The van der Waals surface area contributed by atoms with Crippen LogP contribution in [0.1, 0.15) is 43.3 Å². The monoisotopic (exact) mass is 241 g/mol. The zero-order valence-electron chi connectivity index (χ0n) is 9.90. The van der Waals surface area contributed by atoms with E-state index in [0.29, 0.717) is 12.0 Å². The molecule has 1 aliphatic rings. The van der Waals surface area contributed by atoms with E-state index in [2.05, 4.69) is 15.5 Å². The van der Waals surface area contributed by atoms with Crippen LogP contribution in [0.4, 0.5) is 0 Å². The molecule has 0 spiro atoms. The summed E-state index contributed by atoms with van der Waals surface area (Å²) in [5, 5.41) is 7.38. The van der Waals surface area contributed by atoms with Gasteiger partial charge in [0.2, 0.25) is 5.89 Å². The average Bonchev–Trinajstić information content (AvgIpc) is 2.78. The van der Waals surface area contributed by atoms with Crippen LogP contribution < -0.4 is 5.32 Å². The van der Waals surface area contributed by atoms with Gasteiger partial charge in [-0.05, 0) is 26.1 Å². The van der Waals surface area contributed by atoms with Crippen molar-refractivity contribution in [3.05, 3.63) is 11.7 Å². The van der Waals surface area contributed by atoms with Crippen molar-refractivity contribution in [2.24, 2.45) is 0 Å². The summed E-state index contributed by atoms with van der Waals surface area (Å²) in [6.07, 6.45) is 6.98. The summed E-state index contributed by atoms with van der Waals surface area (Å²) in [4.78, 5) is 4.48. The van der Waals surface area contributed by atoms with E-state index in [1.165, 1.54) is 19.3 Å². The Hall–Kier alpha value is -0.550. The molecular formula is C11H19N3OS. The first-order valence-corrected chi connectivity index (χ1v) is 7.23. The molecule has 0 saturated heterocycles. The quantitative estimate of drug-likeness (QED) is 0.875. The van der Waals surface area contributed by atoms with Crippen LogP contribution in [-0.2, 0) is 5.75 Å². The average molecular weight is 241 g/mol. The molecule has 16 heavy (non-hydrogen) atoms. The molecule has 5 heteroatoms. The first-order valence-electron chi connectivity index (χ1n) is 5.84. The number of hydrogen-bond donors (Lipinski definition) is 1. The molecule has 1 N–H and O–H groups in total. The molecule has 0 aliphatic heterocycles. The van der Waals surface area contributed by atoms with E-state index in [1.54, 1.807) is 11.8 Å². The lowest BCUT2D eigenvalue weighted by molar-refractivity contribution is 0.270. The van der Waals surface area contributed by atoms with Gasteiger partial charge in [0, 0.05) is 6.04 Å². The largest absolute Gasteiger partial charge is 0.339 e. The van der Waals surface area contributed by atoms with E-state index in [4.69, 9.17) is 4.52 Å². The Balaban J connectivity index is 2.08. The molecule has 1 aromatic heterocycles. The lowest BCUT2D eigenvalue weighted by Crippen LogP contribution is -2.34. The Bertz CT molecular complexity index is 329. The Morgan fingerprint density at radius 2 is 2.25 bits per heavy atom. The van der Waals surface area contributed by atoms with Crippen molar-refractivity contribution in [1.82, 2.24) is 15.5 Å². The topological polar surface area (TPSA) is 51.0 Å². The smallest absolute Gasteiger partial charge is 0.231 e. The van der Waals surface area contributed by atoms with Gasteiger partial charge in [0.05, 0.1) is 11.7 Å². The van der Waals surface area contributed by atoms with E-state index in [9.17, 15) is 0 Å². The number of rotatable bonds is 4. The second kappa shape index (κ2) is 5.68. The zero-order chi connectivity index (χ0) is 11.4. The molecule has 1 heterocycles. The predicted octanol–water partition coefficient (Wildman–Crippen LogP) is 2.18. The minimum absolute atomic E-state index is 0.404. The van der Waals surface area contributed by atoms with E-state index >= 15 is 0 Å². The lowest BCUT2D eigenvalue weighted by Gasteiger charge is -2.28. The van der Waals surface area contributed by atoms with Gasteiger partial charge in [-0.2, -0.15) is 16.7 Å². The van der Waals surface area contributed by atoms with Crippen molar-refractivity contribution >= 4 is 11.8 Å². The Kier molecular flexibility index (Phi) is 4.23. The summed E-state index contributed by atoms with van der Waals surface area (Å²) in [5.41, 5.74) is 0. The van der Waals surface area contributed by atoms with E-state index in [0.717, 1.165) is 23.9 Å². The van der Waals surface area contributed by atoms with Crippen molar-refractivity contribution in [1.29, 1.82) is 0 Å². The van der Waals surface area contributed by atoms with Gasteiger partial charge in [-0.1, -0.05) is 18.0 Å². The highest BCUT2D eigenvalue weighted by Gasteiger charge is 2.29. The minimum Gasteiger partial charge on any atom is -0.339 e. The molecular weight excluding hydrogens is 222 g/mol. The standard InChI is InChI=1S/C11H19N3OS/c1-12-9-6-4-3-5-8(9)11-13-10(7-16-2)14-15-11/h8-9,12H,3-7H2,1-2H3. The fourth-order valence-corrected chi connectivity index (χ4v) is 2.75. The van der Waals surface area contributed by atoms with Crippen LogP contribution in [0.15, 0.2) is 4.52 Å². The van der Waals surface area contributed by atoms with Crippen LogP contribution in [0.5, 0.6) is 0 Å². The molecule has 1 fully saturated rings. The summed E-state index contributed by atoms with van der Waals surface area (Å²) in [6.45, 7) is 0. The van der Waals surface area contributed by atoms with Gasteiger partial charge in [-0.15, -0.1) is 0 Å². The normalized spacial score (nSPS) is 25.9. The van der Waals surface area contributed by atoms with Crippen molar-refractivity contribution in [3.8, 4) is 0 Å². The number of nitrogens with zero attached hydrogens (tertiary/aromatic N) is 2. The highest BCUT2D eigenvalue weighted by atomic mass is 32.2. The van der Waals surface area contributed by atoms with E-state index in [1.807, 2.05) is 13.3 Å². The lowest BCUT2D eigenvalue weighted by atomic mass is 9.84. The van der Waals surface area contributed by atoms with Crippen LogP contribution >= 0.6 is 11.8 Å². The van der Waals surface area contributed by atoms with Gasteiger partial charge in [-0.3, -0.25) is 0 Å². The molecule has 2 rings (SSSR count). The van der Waals surface area contributed by atoms with Gasteiger partial charge >= 0.3 is 0 Å². The summed E-state index contributed by atoms with van der Waals surface area (Å²) >= 11 is 1.72. The van der Waals surface area contributed by atoms with Crippen LogP contribution in [-0.4, -0.2) is 29.5 Å². The Morgan fingerprint density at radius 1 is 1.44 bits per heavy atom. The number of hydrogen-bond acceptors (Lipinski definition) is 5. The summed E-state index contributed by atoms with van der Waals surface area (Å²) in [6, 6.07) is 0.497. The highest BCUT2D eigenvalue weighted by molar-refractivity contribution is 7.97. The van der Waals surface area contributed by atoms with Gasteiger partial charge in [0.25, 0.3) is 0 Å². The predicted molar refractivity (Wildman–Crippen MR) is 65.6 cm³/mol. The van der Waals surface area contributed by atoms with Gasteiger partial charge in [0.15, 0.2) is 5.82 Å². The fourth-order valence-electron chi connectivity index (χ4n) is 2.38. The third-order valence-corrected chi connectivity index (χ3v) is 3.76. The van der Waals surface area contributed by atoms with E-state index < -0.39 is 0 Å². The minimum atomic E-state index is 0.404. The fraction of sp³-hybridized carbons (Fsp3) is 0.818. The SMILES string of the molecule is CNC1CCCCC1c1nc(CSC)no1. The first kappa shape index (κ1) is 11.9. The van der Waals surface area contributed by atoms with Crippen LogP contribution in [0.3, 0.4) is 0 Å².